The molecule has 0 unspecified atom stereocenters. The van der Waals surface area contributed by atoms with Gasteiger partial charge < -0.3 is 15.2 Å². The molecule has 1 aromatic carbocycles. The topological polar surface area (TPSA) is 75.6 Å². The quantitative estimate of drug-likeness (QED) is 0.865. The molecule has 17 heavy (non-hydrogen) atoms. The number of carbonyl (C=O) groups excluding carboxylic acids is 1. The molecule has 0 saturated heterocycles. The van der Waals surface area contributed by atoms with Gasteiger partial charge in [0.1, 0.15) is 12.3 Å². The molecule has 0 bridgehead atoms. The Morgan fingerprint density at radius 3 is 2.76 bits per heavy atom. The van der Waals surface area contributed by atoms with Crippen LogP contribution in [0.5, 0.6) is 5.75 Å². The van der Waals surface area contributed by atoms with E-state index in [0.717, 1.165) is 4.47 Å². The molecule has 0 spiro atoms. The molecular formula is C10H9BrClNO4. The van der Waals surface area contributed by atoms with Crippen LogP contribution in [0.25, 0.3) is 0 Å². The normalized spacial score (nSPS) is 9.76. The van der Waals surface area contributed by atoms with E-state index in [1.54, 1.807) is 18.2 Å². The van der Waals surface area contributed by atoms with Crippen LogP contribution >= 0.6 is 27.5 Å². The largest absolute Gasteiger partial charge is 0.482 e. The predicted molar refractivity (Wildman–Crippen MR) is 65.3 cm³/mol. The number of carbonyl (C=O) groups is 2. The fourth-order valence-electron chi connectivity index (χ4n) is 0.961. The van der Waals surface area contributed by atoms with Crippen LogP contribution < -0.4 is 10.1 Å². The fraction of sp³-hybridized carbons (Fsp3) is 0.200. The van der Waals surface area contributed by atoms with Crippen molar-refractivity contribution in [2.75, 3.05) is 13.2 Å². The summed E-state index contributed by atoms with van der Waals surface area (Å²) >= 11 is 9.09. The van der Waals surface area contributed by atoms with Crippen LogP contribution in [-0.4, -0.2) is 30.1 Å². The third kappa shape index (κ3) is 5.06. The summed E-state index contributed by atoms with van der Waals surface area (Å²) in [4.78, 5) is 21.3. The molecule has 1 aromatic rings. The molecule has 0 fully saturated rings. The second-order valence-corrected chi connectivity index (χ2v) is 4.36. The lowest BCUT2D eigenvalue weighted by molar-refractivity contribution is -0.138. The minimum absolute atomic E-state index is 0.283. The Bertz CT molecular complexity index is 438. The van der Waals surface area contributed by atoms with Gasteiger partial charge in [0.2, 0.25) is 0 Å². The van der Waals surface area contributed by atoms with Crippen LogP contribution in [0.3, 0.4) is 0 Å². The fourth-order valence-corrected chi connectivity index (χ4v) is 1.69. The van der Waals surface area contributed by atoms with E-state index in [1.807, 2.05) is 0 Å². The molecule has 0 aliphatic carbocycles. The Labute approximate surface area is 111 Å². The van der Waals surface area contributed by atoms with Crippen LogP contribution in [0, 0.1) is 0 Å². The van der Waals surface area contributed by atoms with Crippen molar-refractivity contribution in [1.82, 2.24) is 5.32 Å². The minimum atomic E-state index is -1.11. The number of hydrogen-bond donors (Lipinski definition) is 2. The number of amides is 1. The van der Waals surface area contributed by atoms with Gasteiger partial charge in [-0.25, -0.2) is 0 Å². The highest BCUT2D eigenvalue weighted by Gasteiger charge is 2.07. The van der Waals surface area contributed by atoms with Crippen molar-refractivity contribution in [3.8, 4) is 5.75 Å². The van der Waals surface area contributed by atoms with Crippen molar-refractivity contribution in [1.29, 1.82) is 0 Å². The van der Waals surface area contributed by atoms with Crippen molar-refractivity contribution in [3.05, 3.63) is 27.7 Å². The SMILES string of the molecule is O=C(O)CNC(=O)COc1ccc(Br)cc1Cl. The molecular weight excluding hydrogens is 313 g/mol. The molecule has 0 radical (unpaired) electrons. The lowest BCUT2D eigenvalue weighted by Gasteiger charge is -2.07. The van der Waals surface area contributed by atoms with E-state index in [1.165, 1.54) is 0 Å². The molecule has 0 saturated carbocycles. The number of carboxylic acids is 1. The van der Waals surface area contributed by atoms with Gasteiger partial charge in [0.25, 0.3) is 5.91 Å². The van der Waals surface area contributed by atoms with Gasteiger partial charge in [-0.2, -0.15) is 0 Å². The number of benzene rings is 1. The Morgan fingerprint density at radius 1 is 1.47 bits per heavy atom. The molecule has 0 aromatic heterocycles. The van der Waals surface area contributed by atoms with Crippen LogP contribution in [0.15, 0.2) is 22.7 Å². The first-order valence-corrected chi connectivity index (χ1v) is 5.72. The number of aliphatic carboxylic acids is 1. The Morgan fingerprint density at radius 2 is 2.18 bits per heavy atom. The van der Waals surface area contributed by atoms with Gasteiger partial charge in [0.15, 0.2) is 6.61 Å². The maximum Gasteiger partial charge on any atom is 0.322 e. The molecule has 5 nitrogen and oxygen atoms in total. The predicted octanol–water partition coefficient (Wildman–Crippen LogP) is 1.68. The highest BCUT2D eigenvalue weighted by Crippen LogP contribution is 2.27. The van der Waals surface area contributed by atoms with E-state index in [0.29, 0.717) is 10.8 Å². The molecule has 92 valence electrons. The maximum absolute atomic E-state index is 11.1. The summed E-state index contributed by atoms with van der Waals surface area (Å²) in [5.41, 5.74) is 0. The lowest BCUT2D eigenvalue weighted by Crippen LogP contribution is -2.33. The van der Waals surface area contributed by atoms with Gasteiger partial charge >= 0.3 is 5.97 Å². The summed E-state index contributed by atoms with van der Waals surface area (Å²) in [5.74, 6) is -1.27. The zero-order valence-corrected chi connectivity index (χ0v) is 10.9. The molecule has 0 aliphatic rings. The molecule has 0 atom stereocenters. The average Bonchev–Trinajstić information content (AvgIpc) is 2.25. The van der Waals surface area contributed by atoms with Crippen molar-refractivity contribution in [3.63, 3.8) is 0 Å². The minimum Gasteiger partial charge on any atom is -0.482 e. The summed E-state index contributed by atoms with van der Waals surface area (Å²) in [7, 11) is 0. The summed E-state index contributed by atoms with van der Waals surface area (Å²) in [6.45, 7) is -0.717. The zero-order chi connectivity index (χ0) is 12.8. The molecule has 1 amide bonds. The van der Waals surface area contributed by atoms with E-state index in [4.69, 9.17) is 21.4 Å². The van der Waals surface area contributed by atoms with Crippen LogP contribution in [0.2, 0.25) is 5.02 Å². The van der Waals surface area contributed by atoms with Crippen molar-refractivity contribution < 1.29 is 19.4 Å². The summed E-state index contributed by atoms with van der Waals surface area (Å²) in [5, 5.41) is 10.9. The van der Waals surface area contributed by atoms with E-state index in [-0.39, 0.29) is 6.61 Å². The van der Waals surface area contributed by atoms with Crippen LogP contribution in [-0.2, 0) is 9.59 Å². The van der Waals surface area contributed by atoms with E-state index >= 15 is 0 Å². The van der Waals surface area contributed by atoms with Gasteiger partial charge in [-0.05, 0) is 18.2 Å². The smallest absolute Gasteiger partial charge is 0.322 e. The number of carboxylic acid groups (broad SMARTS) is 1. The summed E-state index contributed by atoms with van der Waals surface area (Å²) in [6.07, 6.45) is 0. The summed E-state index contributed by atoms with van der Waals surface area (Å²) in [6, 6.07) is 4.96. The van der Waals surface area contributed by atoms with Gasteiger partial charge in [-0.3, -0.25) is 9.59 Å². The zero-order valence-electron chi connectivity index (χ0n) is 8.57. The highest BCUT2D eigenvalue weighted by molar-refractivity contribution is 9.10. The first-order chi connectivity index (χ1) is 7.99. The van der Waals surface area contributed by atoms with Crippen LogP contribution in [0.4, 0.5) is 0 Å². The standard InChI is InChI=1S/C10H9BrClNO4/c11-6-1-2-8(7(12)3-6)17-5-9(14)13-4-10(15)16/h1-3H,4-5H2,(H,13,14)(H,15,16). The molecule has 7 heteroatoms. The molecule has 0 heterocycles. The number of ether oxygens (including phenoxy) is 1. The van der Waals surface area contributed by atoms with E-state index < -0.39 is 18.4 Å². The Hall–Kier alpha value is -1.27. The number of hydrogen-bond acceptors (Lipinski definition) is 3. The third-order valence-corrected chi connectivity index (χ3v) is 2.48. The van der Waals surface area contributed by atoms with Gasteiger partial charge in [-0.15, -0.1) is 0 Å². The Balaban J connectivity index is 2.44. The second-order valence-electron chi connectivity index (χ2n) is 3.03. The Kier molecular flexibility index (Phi) is 5.24. The van der Waals surface area contributed by atoms with Crippen molar-refractivity contribution in [2.45, 2.75) is 0 Å². The molecule has 1 rings (SSSR count). The van der Waals surface area contributed by atoms with Crippen molar-refractivity contribution in [2.24, 2.45) is 0 Å². The monoisotopic (exact) mass is 321 g/mol. The van der Waals surface area contributed by atoms with E-state index in [2.05, 4.69) is 21.2 Å². The van der Waals surface area contributed by atoms with Gasteiger partial charge in [0.05, 0.1) is 5.02 Å². The summed E-state index contributed by atoms with van der Waals surface area (Å²) < 4.78 is 5.92. The third-order valence-electron chi connectivity index (χ3n) is 1.69. The molecule has 2 N–H and O–H groups in total. The van der Waals surface area contributed by atoms with Gasteiger partial charge in [-0.1, -0.05) is 27.5 Å². The number of nitrogens with one attached hydrogen (secondary N) is 1. The number of halogens is 2. The van der Waals surface area contributed by atoms with Gasteiger partial charge in [0, 0.05) is 4.47 Å². The number of rotatable bonds is 5. The van der Waals surface area contributed by atoms with Crippen molar-refractivity contribution >= 4 is 39.4 Å². The second kappa shape index (κ2) is 6.46. The average molecular weight is 323 g/mol. The van der Waals surface area contributed by atoms with E-state index in [9.17, 15) is 9.59 Å². The highest BCUT2D eigenvalue weighted by atomic mass is 79.9. The first-order valence-electron chi connectivity index (χ1n) is 4.55. The lowest BCUT2D eigenvalue weighted by atomic mass is 10.3. The molecule has 0 aliphatic heterocycles. The maximum atomic E-state index is 11.1. The van der Waals surface area contributed by atoms with Crippen LogP contribution in [0.1, 0.15) is 0 Å². The first kappa shape index (κ1) is 13.8.